The first kappa shape index (κ1) is 19.5. The maximum Gasteiger partial charge on any atom is 0.305 e. The number of nitrogens with one attached hydrogen (secondary N) is 1. The molecule has 0 aliphatic carbocycles. The van der Waals surface area contributed by atoms with E-state index in [1.54, 1.807) is 38.3 Å². The summed E-state index contributed by atoms with van der Waals surface area (Å²) in [7, 11) is 1.59. The van der Waals surface area contributed by atoms with Crippen LogP contribution < -0.4 is 10.1 Å². The summed E-state index contributed by atoms with van der Waals surface area (Å²) in [6.07, 6.45) is -0.917. The summed E-state index contributed by atoms with van der Waals surface area (Å²) in [5.74, 6) is -0.624. The lowest BCUT2D eigenvalue weighted by molar-refractivity contribution is -0.138. The SMILES string of the molecule is COc1cccc(COC(C)C(=O)NC(CC(=O)O)c2ccccc2)c1. The van der Waals surface area contributed by atoms with E-state index in [0.29, 0.717) is 5.75 Å². The summed E-state index contributed by atoms with van der Waals surface area (Å²) < 4.78 is 10.8. The highest BCUT2D eigenvalue weighted by Gasteiger charge is 2.21. The monoisotopic (exact) mass is 357 g/mol. The molecular weight excluding hydrogens is 334 g/mol. The first-order chi connectivity index (χ1) is 12.5. The third kappa shape index (κ3) is 5.89. The van der Waals surface area contributed by atoms with Gasteiger partial charge < -0.3 is 19.9 Å². The number of carboxylic acid groups (broad SMARTS) is 1. The van der Waals surface area contributed by atoms with Gasteiger partial charge in [-0.25, -0.2) is 0 Å². The first-order valence-corrected chi connectivity index (χ1v) is 8.31. The summed E-state index contributed by atoms with van der Waals surface area (Å²) in [5.41, 5.74) is 1.62. The first-order valence-electron chi connectivity index (χ1n) is 8.31. The minimum atomic E-state index is -0.982. The number of carbonyl (C=O) groups is 2. The number of amides is 1. The van der Waals surface area contributed by atoms with Crippen molar-refractivity contribution < 1.29 is 24.2 Å². The van der Waals surface area contributed by atoms with E-state index in [4.69, 9.17) is 14.6 Å². The predicted molar refractivity (Wildman–Crippen MR) is 96.8 cm³/mol. The fraction of sp³-hybridized carbons (Fsp3) is 0.300. The highest BCUT2D eigenvalue weighted by Crippen LogP contribution is 2.18. The molecule has 0 bridgehead atoms. The van der Waals surface area contributed by atoms with Crippen molar-refractivity contribution in [2.75, 3.05) is 7.11 Å². The normalized spacial score (nSPS) is 12.8. The van der Waals surface area contributed by atoms with Crippen LogP contribution >= 0.6 is 0 Å². The van der Waals surface area contributed by atoms with E-state index >= 15 is 0 Å². The zero-order valence-electron chi connectivity index (χ0n) is 14.8. The van der Waals surface area contributed by atoms with Crippen molar-refractivity contribution >= 4 is 11.9 Å². The molecule has 2 atom stereocenters. The van der Waals surface area contributed by atoms with E-state index < -0.39 is 18.1 Å². The van der Waals surface area contributed by atoms with Gasteiger partial charge in [0.05, 0.1) is 26.2 Å². The second-order valence-electron chi connectivity index (χ2n) is 5.87. The standard InChI is InChI=1S/C20H23NO5/c1-14(26-13-15-7-6-10-17(11-15)25-2)20(24)21-18(12-19(22)23)16-8-4-3-5-9-16/h3-11,14,18H,12-13H2,1-2H3,(H,21,24)(H,22,23). The average Bonchev–Trinajstić information content (AvgIpc) is 2.66. The molecule has 2 aromatic carbocycles. The molecule has 0 aliphatic heterocycles. The van der Waals surface area contributed by atoms with Crippen LogP contribution in [0.4, 0.5) is 0 Å². The van der Waals surface area contributed by atoms with E-state index in [1.807, 2.05) is 30.3 Å². The summed E-state index contributed by atoms with van der Waals surface area (Å²) in [5, 5.41) is 11.9. The van der Waals surface area contributed by atoms with Crippen molar-refractivity contribution in [1.29, 1.82) is 0 Å². The van der Waals surface area contributed by atoms with Crippen molar-refractivity contribution in [2.24, 2.45) is 0 Å². The third-order valence-electron chi connectivity index (χ3n) is 3.90. The lowest BCUT2D eigenvalue weighted by Gasteiger charge is -2.20. The van der Waals surface area contributed by atoms with Gasteiger partial charge in [-0.3, -0.25) is 9.59 Å². The maximum absolute atomic E-state index is 12.4. The van der Waals surface area contributed by atoms with Gasteiger partial charge in [-0.05, 0) is 30.2 Å². The van der Waals surface area contributed by atoms with Gasteiger partial charge >= 0.3 is 5.97 Å². The van der Waals surface area contributed by atoms with Crippen molar-refractivity contribution in [3.8, 4) is 5.75 Å². The Kier molecular flexibility index (Phi) is 7.17. The maximum atomic E-state index is 12.4. The van der Waals surface area contributed by atoms with Gasteiger partial charge in [0, 0.05) is 0 Å². The van der Waals surface area contributed by atoms with Gasteiger partial charge in [-0.15, -0.1) is 0 Å². The lowest BCUT2D eigenvalue weighted by Crippen LogP contribution is -2.37. The van der Waals surface area contributed by atoms with Crippen molar-refractivity contribution in [3.63, 3.8) is 0 Å². The molecule has 2 aromatic rings. The van der Waals surface area contributed by atoms with E-state index in [9.17, 15) is 9.59 Å². The summed E-state index contributed by atoms with van der Waals surface area (Å²) >= 11 is 0. The van der Waals surface area contributed by atoms with Crippen LogP contribution in [0.3, 0.4) is 0 Å². The minimum absolute atomic E-state index is 0.196. The quantitative estimate of drug-likeness (QED) is 0.721. The number of rotatable bonds is 9. The van der Waals surface area contributed by atoms with Crippen LogP contribution in [-0.4, -0.2) is 30.2 Å². The van der Waals surface area contributed by atoms with Crippen molar-refractivity contribution in [3.05, 3.63) is 65.7 Å². The van der Waals surface area contributed by atoms with Crippen LogP contribution in [0, 0.1) is 0 Å². The Hall–Kier alpha value is -2.86. The van der Waals surface area contributed by atoms with Gasteiger partial charge in [0.25, 0.3) is 0 Å². The number of carbonyl (C=O) groups excluding carboxylic acids is 1. The molecule has 0 aliphatic rings. The van der Waals surface area contributed by atoms with Gasteiger partial charge in [-0.2, -0.15) is 0 Å². The highest BCUT2D eigenvalue weighted by molar-refractivity contribution is 5.81. The highest BCUT2D eigenvalue weighted by atomic mass is 16.5. The number of benzene rings is 2. The predicted octanol–water partition coefficient (Wildman–Crippen LogP) is 2.93. The Morgan fingerprint density at radius 1 is 1.12 bits per heavy atom. The van der Waals surface area contributed by atoms with E-state index in [1.165, 1.54) is 0 Å². The van der Waals surface area contributed by atoms with E-state index in [0.717, 1.165) is 11.1 Å². The van der Waals surface area contributed by atoms with E-state index in [2.05, 4.69) is 5.32 Å². The molecule has 138 valence electrons. The topological polar surface area (TPSA) is 84.9 Å². The van der Waals surface area contributed by atoms with E-state index in [-0.39, 0.29) is 18.9 Å². The molecule has 6 heteroatoms. The Bertz CT molecular complexity index is 732. The molecule has 0 fully saturated rings. The molecule has 0 heterocycles. The second-order valence-corrected chi connectivity index (χ2v) is 5.87. The van der Waals surface area contributed by atoms with Crippen LogP contribution in [0.1, 0.15) is 30.5 Å². The Morgan fingerprint density at radius 3 is 2.50 bits per heavy atom. The van der Waals surface area contributed by atoms with Crippen LogP contribution in [0.15, 0.2) is 54.6 Å². The molecular formula is C20H23NO5. The molecule has 2 N–H and O–H groups in total. The largest absolute Gasteiger partial charge is 0.497 e. The van der Waals surface area contributed by atoms with Crippen molar-refractivity contribution in [1.82, 2.24) is 5.32 Å². The number of hydrogen-bond donors (Lipinski definition) is 2. The number of ether oxygens (including phenoxy) is 2. The second kappa shape index (κ2) is 9.58. The molecule has 2 rings (SSSR count). The zero-order valence-corrected chi connectivity index (χ0v) is 14.8. The number of aliphatic carboxylic acids is 1. The molecule has 1 amide bonds. The summed E-state index contributed by atoms with van der Waals surface area (Å²) in [6.45, 7) is 1.89. The van der Waals surface area contributed by atoms with Crippen LogP contribution in [0.2, 0.25) is 0 Å². The Morgan fingerprint density at radius 2 is 1.85 bits per heavy atom. The molecule has 0 radical (unpaired) electrons. The number of hydrogen-bond acceptors (Lipinski definition) is 4. The number of carboxylic acids is 1. The van der Waals surface area contributed by atoms with Gasteiger partial charge in [0.1, 0.15) is 11.9 Å². The molecule has 2 unspecified atom stereocenters. The smallest absolute Gasteiger partial charge is 0.305 e. The summed E-state index contributed by atoms with van der Waals surface area (Å²) in [6, 6.07) is 15.8. The molecule has 0 aromatic heterocycles. The molecule has 0 saturated heterocycles. The third-order valence-corrected chi connectivity index (χ3v) is 3.90. The van der Waals surface area contributed by atoms with Crippen molar-refractivity contribution in [2.45, 2.75) is 32.1 Å². The molecule has 0 spiro atoms. The number of methoxy groups -OCH3 is 1. The Labute approximate surface area is 152 Å². The fourth-order valence-electron chi connectivity index (χ4n) is 2.46. The molecule has 0 saturated carbocycles. The molecule has 26 heavy (non-hydrogen) atoms. The lowest BCUT2D eigenvalue weighted by atomic mass is 10.0. The van der Waals surface area contributed by atoms with Crippen LogP contribution in [0.5, 0.6) is 5.75 Å². The van der Waals surface area contributed by atoms with Crippen LogP contribution in [0.25, 0.3) is 0 Å². The fourth-order valence-corrected chi connectivity index (χ4v) is 2.46. The van der Waals surface area contributed by atoms with Crippen LogP contribution in [-0.2, 0) is 20.9 Å². The minimum Gasteiger partial charge on any atom is -0.497 e. The van der Waals surface area contributed by atoms with Gasteiger partial charge in [0.15, 0.2) is 0 Å². The Balaban J connectivity index is 1.95. The van der Waals surface area contributed by atoms with Gasteiger partial charge in [0.2, 0.25) is 5.91 Å². The molecule has 6 nitrogen and oxygen atoms in total. The zero-order chi connectivity index (χ0) is 18.9. The summed E-state index contributed by atoms with van der Waals surface area (Å²) in [4.78, 5) is 23.5. The average molecular weight is 357 g/mol. The van der Waals surface area contributed by atoms with Gasteiger partial charge in [-0.1, -0.05) is 42.5 Å².